The average Bonchev–Trinajstić information content (AvgIpc) is 2.81. The highest BCUT2D eigenvalue weighted by atomic mass is 16.1. The summed E-state index contributed by atoms with van der Waals surface area (Å²) < 4.78 is 0. The van der Waals surface area contributed by atoms with Crippen LogP contribution < -0.4 is 10.7 Å². The number of carbonyl (C=O) groups excluding carboxylic acids is 1. The number of rotatable bonds is 1. The Hall–Kier alpha value is -3.72. The summed E-state index contributed by atoms with van der Waals surface area (Å²) in [6.07, 6.45) is 3.93. The highest BCUT2D eigenvalue weighted by Gasteiger charge is 2.06. The van der Waals surface area contributed by atoms with Crippen LogP contribution in [-0.2, 0) is 0 Å². The molecular weight excluding hydrogens is 368 g/mol. The Morgan fingerprint density at radius 2 is 1.40 bits per heavy atom. The number of hydrogen-bond donors (Lipinski definition) is 1. The van der Waals surface area contributed by atoms with Gasteiger partial charge in [0.25, 0.3) is 0 Å². The number of fused-ring (bicyclic) bond motifs is 4. The van der Waals surface area contributed by atoms with Gasteiger partial charge in [-0.25, -0.2) is 4.98 Å². The molecule has 0 radical (unpaired) electrons. The average molecular weight is 396 g/mol. The van der Waals surface area contributed by atoms with Crippen molar-refractivity contribution in [2.24, 2.45) is 5.73 Å². The Bertz CT molecular complexity index is 1240. The standard InChI is InChI=1S/C16H13NO.C9H7N.C2H6/c1-10-8-11-6-7-12(16(17)18)9-15(11)14-5-3-2-4-13(10)14;1-2-4-9-7-10-6-5-8(9)3-1;1-2/h2-9H,1H3,(H2,17,18);1-7H;1-2H3/p+1. The lowest BCUT2D eigenvalue weighted by atomic mass is 9.96. The smallest absolute Gasteiger partial charge is 0.248 e. The number of benzene rings is 4. The number of pyridine rings is 1. The second kappa shape index (κ2) is 9.66. The molecule has 0 aliphatic heterocycles. The molecule has 1 heterocycles. The van der Waals surface area contributed by atoms with Gasteiger partial charge in [-0.05, 0) is 57.6 Å². The predicted molar refractivity (Wildman–Crippen MR) is 127 cm³/mol. The summed E-state index contributed by atoms with van der Waals surface area (Å²) in [6, 6.07) is 26.3. The molecule has 0 saturated carbocycles. The molecule has 3 heteroatoms. The molecule has 0 bridgehead atoms. The van der Waals surface area contributed by atoms with Gasteiger partial charge in [0.15, 0.2) is 12.4 Å². The molecule has 30 heavy (non-hydrogen) atoms. The molecule has 0 spiro atoms. The van der Waals surface area contributed by atoms with Gasteiger partial charge in [0, 0.05) is 17.0 Å². The minimum absolute atomic E-state index is 0.387. The molecule has 150 valence electrons. The fraction of sp³-hybridized carbons (Fsp3) is 0.111. The minimum atomic E-state index is -0.387. The van der Waals surface area contributed by atoms with Crippen molar-refractivity contribution in [3.63, 3.8) is 0 Å². The van der Waals surface area contributed by atoms with Gasteiger partial charge in [-0.2, -0.15) is 0 Å². The number of primary amides is 1. The monoisotopic (exact) mass is 395 g/mol. The van der Waals surface area contributed by atoms with E-state index in [0.29, 0.717) is 5.56 Å². The first-order valence-electron chi connectivity index (χ1n) is 10.2. The van der Waals surface area contributed by atoms with E-state index in [2.05, 4.69) is 48.3 Å². The Kier molecular flexibility index (Phi) is 6.76. The minimum Gasteiger partial charge on any atom is -0.366 e. The van der Waals surface area contributed by atoms with E-state index in [4.69, 9.17) is 5.73 Å². The van der Waals surface area contributed by atoms with Crippen LogP contribution in [0.5, 0.6) is 0 Å². The lowest BCUT2D eigenvalue weighted by Gasteiger charge is -2.08. The Morgan fingerprint density at radius 1 is 0.733 bits per heavy atom. The second-order valence-electron chi connectivity index (χ2n) is 6.81. The third-order valence-electron chi connectivity index (χ3n) is 4.95. The summed E-state index contributed by atoms with van der Waals surface area (Å²) >= 11 is 0. The topological polar surface area (TPSA) is 57.2 Å². The van der Waals surface area contributed by atoms with E-state index < -0.39 is 0 Å². The third kappa shape index (κ3) is 4.47. The molecule has 0 atom stereocenters. The van der Waals surface area contributed by atoms with Crippen molar-refractivity contribution in [1.29, 1.82) is 0 Å². The van der Waals surface area contributed by atoms with Crippen molar-refractivity contribution < 1.29 is 9.78 Å². The largest absolute Gasteiger partial charge is 0.366 e. The molecule has 1 aromatic heterocycles. The van der Waals surface area contributed by atoms with E-state index in [1.165, 1.54) is 21.7 Å². The molecule has 0 aliphatic rings. The van der Waals surface area contributed by atoms with Crippen molar-refractivity contribution in [3.8, 4) is 0 Å². The van der Waals surface area contributed by atoms with E-state index in [9.17, 15) is 4.79 Å². The van der Waals surface area contributed by atoms with Crippen LogP contribution in [0.3, 0.4) is 0 Å². The molecule has 4 aromatic carbocycles. The molecule has 3 N–H and O–H groups in total. The van der Waals surface area contributed by atoms with Crippen molar-refractivity contribution >= 4 is 38.2 Å². The summed E-state index contributed by atoms with van der Waals surface area (Å²) in [5.74, 6) is -0.387. The molecule has 0 unspecified atom stereocenters. The summed E-state index contributed by atoms with van der Waals surface area (Å²) in [7, 11) is 0. The quantitative estimate of drug-likeness (QED) is 0.344. The second-order valence-corrected chi connectivity index (χ2v) is 6.81. The predicted octanol–water partition coefficient (Wildman–Crippen LogP) is 6.08. The number of amides is 1. The van der Waals surface area contributed by atoms with E-state index >= 15 is 0 Å². The molecule has 0 aliphatic carbocycles. The van der Waals surface area contributed by atoms with E-state index in [1.54, 1.807) is 6.07 Å². The first kappa shape index (κ1) is 21.0. The van der Waals surface area contributed by atoms with Crippen LogP contribution in [0.2, 0.25) is 0 Å². The Morgan fingerprint density at radius 3 is 2.10 bits per heavy atom. The number of nitrogens with one attached hydrogen (secondary N) is 1. The van der Waals surface area contributed by atoms with Crippen molar-refractivity contribution in [3.05, 3.63) is 102 Å². The van der Waals surface area contributed by atoms with Gasteiger partial charge in [-0.15, -0.1) is 0 Å². The van der Waals surface area contributed by atoms with Gasteiger partial charge in [0.2, 0.25) is 5.91 Å². The molecular formula is C27H27N2O+. The van der Waals surface area contributed by atoms with Crippen molar-refractivity contribution in [2.45, 2.75) is 20.8 Å². The van der Waals surface area contributed by atoms with Gasteiger partial charge in [-0.3, -0.25) is 4.79 Å². The van der Waals surface area contributed by atoms with Gasteiger partial charge in [0.05, 0.1) is 0 Å². The van der Waals surface area contributed by atoms with Crippen LogP contribution in [0.25, 0.3) is 32.3 Å². The zero-order chi connectivity index (χ0) is 21.5. The summed E-state index contributed by atoms with van der Waals surface area (Å²) in [4.78, 5) is 14.3. The zero-order valence-electron chi connectivity index (χ0n) is 17.6. The van der Waals surface area contributed by atoms with Crippen molar-refractivity contribution in [2.75, 3.05) is 0 Å². The normalized spacial score (nSPS) is 10.1. The molecule has 5 rings (SSSR count). The number of H-pyrrole nitrogens is 1. The van der Waals surface area contributed by atoms with Crippen LogP contribution >= 0.6 is 0 Å². The number of carbonyl (C=O) groups is 1. The van der Waals surface area contributed by atoms with E-state index in [-0.39, 0.29) is 5.91 Å². The number of aryl methyl sites for hydroxylation is 1. The fourth-order valence-corrected chi connectivity index (χ4v) is 3.51. The van der Waals surface area contributed by atoms with Crippen LogP contribution in [0, 0.1) is 6.92 Å². The van der Waals surface area contributed by atoms with Gasteiger partial charge in [-0.1, -0.05) is 68.4 Å². The highest BCUT2D eigenvalue weighted by Crippen LogP contribution is 2.28. The molecule has 0 saturated heterocycles. The summed E-state index contributed by atoms with van der Waals surface area (Å²) in [5.41, 5.74) is 7.13. The number of aromatic amines is 1. The summed E-state index contributed by atoms with van der Waals surface area (Å²) in [5, 5.41) is 7.12. The maximum absolute atomic E-state index is 11.3. The fourth-order valence-electron chi connectivity index (χ4n) is 3.51. The first-order chi connectivity index (χ1) is 14.6. The molecule has 5 aromatic rings. The number of hydrogen-bond acceptors (Lipinski definition) is 1. The van der Waals surface area contributed by atoms with E-state index in [0.717, 1.165) is 16.2 Å². The number of aromatic nitrogens is 1. The lowest BCUT2D eigenvalue weighted by molar-refractivity contribution is -0.375. The van der Waals surface area contributed by atoms with Gasteiger partial charge < -0.3 is 5.73 Å². The maximum atomic E-state index is 11.3. The lowest BCUT2D eigenvalue weighted by Crippen LogP contribution is -2.10. The maximum Gasteiger partial charge on any atom is 0.248 e. The Balaban J connectivity index is 0.000000180. The molecule has 3 nitrogen and oxygen atoms in total. The van der Waals surface area contributed by atoms with Crippen LogP contribution in [0.1, 0.15) is 29.8 Å². The van der Waals surface area contributed by atoms with E-state index in [1.807, 2.05) is 62.6 Å². The molecule has 1 amide bonds. The summed E-state index contributed by atoms with van der Waals surface area (Å²) in [6.45, 7) is 6.10. The highest BCUT2D eigenvalue weighted by molar-refractivity contribution is 6.11. The van der Waals surface area contributed by atoms with Gasteiger partial charge in [0.1, 0.15) is 0 Å². The first-order valence-corrected chi connectivity index (χ1v) is 10.2. The third-order valence-corrected chi connectivity index (χ3v) is 4.95. The Labute approximate surface area is 177 Å². The zero-order valence-corrected chi connectivity index (χ0v) is 17.6. The van der Waals surface area contributed by atoms with Crippen LogP contribution in [-0.4, -0.2) is 5.91 Å². The van der Waals surface area contributed by atoms with Crippen LogP contribution in [0.4, 0.5) is 0 Å². The molecule has 0 fully saturated rings. The van der Waals surface area contributed by atoms with Crippen LogP contribution in [0.15, 0.2) is 91.3 Å². The SMILES string of the molecule is CC.Cc1cc2ccc(C(N)=O)cc2c2ccccc12.c1ccc2c[nH+]ccc2c1. The van der Waals surface area contributed by atoms with Crippen molar-refractivity contribution in [1.82, 2.24) is 0 Å². The van der Waals surface area contributed by atoms with Gasteiger partial charge >= 0.3 is 0 Å². The number of nitrogens with two attached hydrogens (primary N) is 1.